The molecule has 2 fully saturated rings. The maximum absolute atomic E-state index is 9.07. The molecular formula is C10H13NO3. The van der Waals surface area contributed by atoms with E-state index in [2.05, 4.69) is 4.98 Å². The number of ether oxygens (including phenoxy) is 1. The lowest BCUT2D eigenvalue weighted by molar-refractivity contribution is 0.0983. The van der Waals surface area contributed by atoms with Crippen molar-refractivity contribution in [3.63, 3.8) is 0 Å². The van der Waals surface area contributed by atoms with Crippen LogP contribution in [0.5, 0.6) is 0 Å². The van der Waals surface area contributed by atoms with Crippen LogP contribution in [0.1, 0.15) is 36.6 Å². The van der Waals surface area contributed by atoms with Crippen molar-refractivity contribution in [2.45, 2.75) is 44.0 Å². The third kappa shape index (κ3) is 1.11. The molecule has 3 heterocycles. The van der Waals surface area contributed by atoms with E-state index < -0.39 is 0 Å². The largest absolute Gasteiger partial charge is 0.448 e. The molecule has 0 aliphatic carbocycles. The number of aliphatic hydroxyl groups is 1. The Kier molecular flexibility index (Phi) is 1.85. The molecule has 1 N–H and O–H groups in total. The monoisotopic (exact) mass is 195 g/mol. The molecule has 4 nitrogen and oxygen atoms in total. The van der Waals surface area contributed by atoms with Gasteiger partial charge in [0.05, 0.1) is 18.8 Å². The van der Waals surface area contributed by atoms with Crippen LogP contribution in [-0.4, -0.2) is 22.3 Å². The molecule has 1 aromatic heterocycles. The molecule has 14 heavy (non-hydrogen) atoms. The first-order chi connectivity index (χ1) is 6.88. The summed E-state index contributed by atoms with van der Waals surface area (Å²) in [4.78, 5) is 3.99. The zero-order valence-electron chi connectivity index (χ0n) is 7.85. The number of aliphatic hydroxyl groups excluding tert-OH is 1. The van der Waals surface area contributed by atoms with Crippen molar-refractivity contribution in [3.05, 3.63) is 17.8 Å². The van der Waals surface area contributed by atoms with E-state index >= 15 is 0 Å². The Hall–Kier alpha value is -0.870. The van der Waals surface area contributed by atoms with Crippen molar-refractivity contribution in [2.75, 3.05) is 0 Å². The summed E-state index contributed by atoms with van der Waals surface area (Å²) in [5.74, 6) is 1.15. The minimum atomic E-state index is -0.0419. The Morgan fingerprint density at radius 3 is 3.07 bits per heavy atom. The lowest BCUT2D eigenvalue weighted by atomic mass is 9.87. The van der Waals surface area contributed by atoms with Gasteiger partial charge in [0.15, 0.2) is 6.39 Å². The van der Waals surface area contributed by atoms with Gasteiger partial charge < -0.3 is 14.3 Å². The van der Waals surface area contributed by atoms with Gasteiger partial charge in [0.2, 0.25) is 0 Å². The van der Waals surface area contributed by atoms with Crippen molar-refractivity contribution in [2.24, 2.45) is 0 Å². The number of hydrogen-bond acceptors (Lipinski definition) is 4. The van der Waals surface area contributed by atoms with E-state index in [9.17, 15) is 0 Å². The number of fused-ring (bicyclic) bond motifs is 2. The zero-order valence-corrected chi connectivity index (χ0v) is 7.85. The van der Waals surface area contributed by atoms with Gasteiger partial charge in [-0.1, -0.05) is 0 Å². The van der Waals surface area contributed by atoms with Gasteiger partial charge in [-0.15, -0.1) is 0 Å². The van der Waals surface area contributed by atoms with Crippen molar-refractivity contribution in [1.82, 2.24) is 4.98 Å². The summed E-state index contributed by atoms with van der Waals surface area (Å²) in [6.07, 6.45) is 5.41. The summed E-state index contributed by atoms with van der Waals surface area (Å²) >= 11 is 0. The molecule has 2 aliphatic rings. The summed E-state index contributed by atoms with van der Waals surface area (Å²) in [6.45, 7) is -0.0419. The Labute approximate surface area is 81.9 Å². The van der Waals surface area contributed by atoms with Crippen molar-refractivity contribution in [1.29, 1.82) is 0 Å². The highest BCUT2D eigenvalue weighted by molar-refractivity contribution is 5.17. The minimum Gasteiger partial charge on any atom is -0.448 e. The maximum Gasteiger partial charge on any atom is 0.181 e. The van der Waals surface area contributed by atoms with Gasteiger partial charge in [0.1, 0.15) is 11.5 Å². The molecule has 2 saturated heterocycles. The molecule has 76 valence electrons. The van der Waals surface area contributed by atoms with E-state index in [0.29, 0.717) is 23.8 Å². The second-order valence-corrected chi connectivity index (χ2v) is 4.04. The molecule has 3 atom stereocenters. The Bertz CT molecular complexity index is 336. The Balaban J connectivity index is 1.89. The van der Waals surface area contributed by atoms with E-state index in [0.717, 1.165) is 18.6 Å². The first-order valence-corrected chi connectivity index (χ1v) is 5.07. The first-order valence-electron chi connectivity index (χ1n) is 5.07. The summed E-state index contributed by atoms with van der Waals surface area (Å²) in [7, 11) is 0. The SMILES string of the molecule is OCc1ncoc1C1CC2CCC1O2. The van der Waals surface area contributed by atoms with Gasteiger partial charge in [-0.25, -0.2) is 4.98 Å². The molecule has 0 radical (unpaired) electrons. The van der Waals surface area contributed by atoms with E-state index in [-0.39, 0.29) is 6.61 Å². The van der Waals surface area contributed by atoms with E-state index in [4.69, 9.17) is 14.3 Å². The molecular weight excluding hydrogens is 182 g/mol. The topological polar surface area (TPSA) is 55.5 Å². The van der Waals surface area contributed by atoms with Gasteiger partial charge in [0, 0.05) is 5.92 Å². The van der Waals surface area contributed by atoms with Crippen LogP contribution in [0.4, 0.5) is 0 Å². The third-order valence-corrected chi connectivity index (χ3v) is 3.27. The number of hydrogen-bond donors (Lipinski definition) is 1. The minimum absolute atomic E-state index is 0.0419. The fourth-order valence-electron chi connectivity index (χ4n) is 2.61. The Morgan fingerprint density at radius 1 is 1.50 bits per heavy atom. The molecule has 3 unspecified atom stereocenters. The fourth-order valence-corrected chi connectivity index (χ4v) is 2.61. The molecule has 2 bridgehead atoms. The van der Waals surface area contributed by atoms with Crippen LogP contribution < -0.4 is 0 Å². The average molecular weight is 195 g/mol. The quantitative estimate of drug-likeness (QED) is 0.770. The van der Waals surface area contributed by atoms with Crippen LogP contribution in [0.2, 0.25) is 0 Å². The van der Waals surface area contributed by atoms with Crippen LogP contribution in [0.25, 0.3) is 0 Å². The van der Waals surface area contributed by atoms with Crippen LogP contribution in [0.15, 0.2) is 10.8 Å². The maximum atomic E-state index is 9.07. The molecule has 0 amide bonds. The summed E-state index contributed by atoms with van der Waals surface area (Å²) < 4.78 is 11.1. The average Bonchev–Trinajstić information content (AvgIpc) is 2.92. The lowest BCUT2D eigenvalue weighted by Gasteiger charge is -2.16. The predicted octanol–water partition coefficient (Wildman–Crippen LogP) is 1.20. The highest BCUT2D eigenvalue weighted by atomic mass is 16.5. The van der Waals surface area contributed by atoms with Gasteiger partial charge in [-0.3, -0.25) is 0 Å². The van der Waals surface area contributed by atoms with Gasteiger partial charge in [0.25, 0.3) is 0 Å². The van der Waals surface area contributed by atoms with Crippen LogP contribution in [0.3, 0.4) is 0 Å². The van der Waals surface area contributed by atoms with E-state index in [1.54, 1.807) is 0 Å². The third-order valence-electron chi connectivity index (χ3n) is 3.27. The smallest absolute Gasteiger partial charge is 0.181 e. The molecule has 0 aromatic carbocycles. The molecule has 4 heteroatoms. The van der Waals surface area contributed by atoms with Crippen molar-refractivity contribution < 1.29 is 14.3 Å². The van der Waals surface area contributed by atoms with Crippen LogP contribution in [0, 0.1) is 0 Å². The first kappa shape index (κ1) is 8.44. The van der Waals surface area contributed by atoms with Crippen molar-refractivity contribution in [3.8, 4) is 0 Å². The van der Waals surface area contributed by atoms with Gasteiger partial charge in [-0.05, 0) is 19.3 Å². The standard InChI is InChI=1S/C10H13NO3/c12-4-8-10(13-5-11-8)7-3-6-1-2-9(7)14-6/h5-7,9,12H,1-4H2. The van der Waals surface area contributed by atoms with Crippen molar-refractivity contribution >= 4 is 0 Å². The van der Waals surface area contributed by atoms with E-state index in [1.165, 1.54) is 12.8 Å². The van der Waals surface area contributed by atoms with Crippen LogP contribution >= 0.6 is 0 Å². The normalized spacial score (nSPS) is 35.4. The summed E-state index contributed by atoms with van der Waals surface area (Å²) in [6, 6.07) is 0. The molecule has 2 aliphatic heterocycles. The summed E-state index contributed by atoms with van der Waals surface area (Å²) in [5.41, 5.74) is 0.672. The number of oxazole rings is 1. The lowest BCUT2D eigenvalue weighted by Crippen LogP contribution is -2.15. The Morgan fingerprint density at radius 2 is 2.43 bits per heavy atom. The zero-order chi connectivity index (χ0) is 9.54. The number of rotatable bonds is 2. The highest BCUT2D eigenvalue weighted by Gasteiger charge is 2.43. The van der Waals surface area contributed by atoms with Gasteiger partial charge >= 0.3 is 0 Å². The second-order valence-electron chi connectivity index (χ2n) is 4.04. The predicted molar refractivity (Wildman–Crippen MR) is 47.7 cm³/mol. The van der Waals surface area contributed by atoms with E-state index in [1.807, 2.05) is 0 Å². The summed E-state index contributed by atoms with van der Waals surface area (Å²) in [5, 5.41) is 9.07. The fraction of sp³-hybridized carbons (Fsp3) is 0.700. The molecule has 0 spiro atoms. The number of aromatic nitrogens is 1. The van der Waals surface area contributed by atoms with Gasteiger partial charge in [-0.2, -0.15) is 0 Å². The number of nitrogens with zero attached hydrogens (tertiary/aromatic N) is 1. The van der Waals surface area contributed by atoms with Crippen LogP contribution in [-0.2, 0) is 11.3 Å². The highest BCUT2D eigenvalue weighted by Crippen LogP contribution is 2.45. The molecule has 0 saturated carbocycles. The molecule has 3 rings (SSSR count). The second kappa shape index (κ2) is 3.07. The molecule has 1 aromatic rings.